The number of anilines is 2. The van der Waals surface area contributed by atoms with Crippen molar-refractivity contribution >= 4 is 17.3 Å². The van der Waals surface area contributed by atoms with E-state index in [0.717, 1.165) is 36.6 Å². The molecule has 2 N–H and O–H groups in total. The standard InChI is InChI=1S/C18H22N2O2/c1-3-4-13-22-15-11-9-14(10-12-15)20-18(21)16-7-5-6-8-17(16)19-2/h5-12,19H,3-4,13H2,1-2H3,(H,20,21). The molecule has 0 aliphatic heterocycles. The van der Waals surface area contributed by atoms with Crippen molar-refractivity contribution in [2.24, 2.45) is 0 Å². The summed E-state index contributed by atoms with van der Waals surface area (Å²) in [6.07, 6.45) is 2.15. The molecule has 2 aromatic rings. The summed E-state index contributed by atoms with van der Waals surface area (Å²) in [5.74, 6) is 0.687. The first-order chi connectivity index (χ1) is 10.7. The van der Waals surface area contributed by atoms with Gasteiger partial charge in [-0.1, -0.05) is 25.5 Å². The van der Waals surface area contributed by atoms with Gasteiger partial charge in [-0.25, -0.2) is 0 Å². The first-order valence-electron chi connectivity index (χ1n) is 7.55. The summed E-state index contributed by atoms with van der Waals surface area (Å²) in [5, 5.41) is 5.91. The number of rotatable bonds is 7. The number of carbonyl (C=O) groups excluding carboxylic acids is 1. The summed E-state index contributed by atoms with van der Waals surface area (Å²) in [6.45, 7) is 2.85. The Hall–Kier alpha value is -2.49. The summed E-state index contributed by atoms with van der Waals surface area (Å²) in [5.41, 5.74) is 2.17. The highest BCUT2D eigenvalue weighted by Gasteiger charge is 2.10. The van der Waals surface area contributed by atoms with Gasteiger partial charge in [-0.3, -0.25) is 4.79 Å². The third-order valence-corrected chi connectivity index (χ3v) is 3.32. The molecule has 0 heterocycles. The smallest absolute Gasteiger partial charge is 0.257 e. The van der Waals surface area contributed by atoms with Crippen LogP contribution in [0.5, 0.6) is 5.75 Å². The van der Waals surface area contributed by atoms with Crippen molar-refractivity contribution in [3.8, 4) is 5.75 Å². The lowest BCUT2D eigenvalue weighted by atomic mass is 10.1. The highest BCUT2D eigenvalue weighted by molar-refractivity contribution is 6.08. The fourth-order valence-corrected chi connectivity index (χ4v) is 2.07. The van der Waals surface area contributed by atoms with Crippen LogP contribution in [0.25, 0.3) is 0 Å². The zero-order chi connectivity index (χ0) is 15.8. The van der Waals surface area contributed by atoms with Gasteiger partial charge in [0.15, 0.2) is 0 Å². The highest BCUT2D eigenvalue weighted by Crippen LogP contribution is 2.19. The van der Waals surface area contributed by atoms with Crippen LogP contribution in [0.2, 0.25) is 0 Å². The molecule has 0 radical (unpaired) electrons. The molecular weight excluding hydrogens is 276 g/mol. The molecule has 0 aliphatic carbocycles. The van der Waals surface area contributed by atoms with Crippen molar-refractivity contribution in [2.45, 2.75) is 19.8 Å². The van der Waals surface area contributed by atoms with Crippen LogP contribution in [0.1, 0.15) is 30.1 Å². The van der Waals surface area contributed by atoms with E-state index in [2.05, 4.69) is 17.6 Å². The fraction of sp³-hybridized carbons (Fsp3) is 0.278. The maximum absolute atomic E-state index is 12.3. The molecule has 0 atom stereocenters. The number of ether oxygens (including phenoxy) is 1. The predicted octanol–water partition coefficient (Wildman–Crippen LogP) is 4.16. The van der Waals surface area contributed by atoms with Crippen LogP contribution in [0.3, 0.4) is 0 Å². The molecule has 0 unspecified atom stereocenters. The van der Waals surface area contributed by atoms with Crippen molar-refractivity contribution in [1.29, 1.82) is 0 Å². The number of hydrogen-bond donors (Lipinski definition) is 2. The first kappa shape index (κ1) is 15.9. The number of para-hydroxylation sites is 1. The van der Waals surface area contributed by atoms with Crippen LogP contribution in [0.15, 0.2) is 48.5 Å². The third-order valence-electron chi connectivity index (χ3n) is 3.32. The average Bonchev–Trinajstić information content (AvgIpc) is 2.56. The van der Waals surface area contributed by atoms with Gasteiger partial charge in [-0.05, 0) is 42.8 Å². The van der Waals surface area contributed by atoms with E-state index >= 15 is 0 Å². The van der Waals surface area contributed by atoms with Gasteiger partial charge in [-0.15, -0.1) is 0 Å². The normalized spacial score (nSPS) is 10.1. The topological polar surface area (TPSA) is 50.4 Å². The van der Waals surface area contributed by atoms with Gasteiger partial charge in [0.25, 0.3) is 5.91 Å². The van der Waals surface area contributed by atoms with E-state index in [1.54, 1.807) is 13.1 Å². The SMILES string of the molecule is CCCCOc1ccc(NC(=O)c2ccccc2NC)cc1. The van der Waals surface area contributed by atoms with Crippen molar-refractivity contribution in [3.05, 3.63) is 54.1 Å². The van der Waals surface area contributed by atoms with E-state index in [1.165, 1.54) is 0 Å². The number of nitrogens with one attached hydrogen (secondary N) is 2. The van der Waals surface area contributed by atoms with Gasteiger partial charge in [0, 0.05) is 18.4 Å². The number of unbranched alkanes of at least 4 members (excludes halogenated alkanes) is 1. The van der Waals surface area contributed by atoms with Gasteiger partial charge in [0.2, 0.25) is 0 Å². The van der Waals surface area contributed by atoms with Crippen LogP contribution in [-0.4, -0.2) is 19.6 Å². The number of carbonyl (C=O) groups is 1. The maximum Gasteiger partial charge on any atom is 0.257 e. The fourth-order valence-electron chi connectivity index (χ4n) is 2.07. The lowest BCUT2D eigenvalue weighted by molar-refractivity contribution is 0.102. The molecule has 0 spiro atoms. The van der Waals surface area contributed by atoms with Crippen LogP contribution in [-0.2, 0) is 0 Å². The van der Waals surface area contributed by atoms with Crippen LogP contribution in [0, 0.1) is 0 Å². The molecule has 0 fully saturated rings. The number of amides is 1. The summed E-state index contributed by atoms with van der Waals surface area (Å²) in [6, 6.07) is 14.8. The van der Waals surface area contributed by atoms with E-state index in [1.807, 2.05) is 42.5 Å². The van der Waals surface area contributed by atoms with Gasteiger partial charge in [0.05, 0.1) is 12.2 Å². The molecule has 2 aromatic carbocycles. The molecule has 0 saturated heterocycles. The monoisotopic (exact) mass is 298 g/mol. The zero-order valence-corrected chi connectivity index (χ0v) is 13.1. The quantitative estimate of drug-likeness (QED) is 0.755. The minimum Gasteiger partial charge on any atom is -0.494 e. The lowest BCUT2D eigenvalue weighted by Crippen LogP contribution is -2.13. The van der Waals surface area contributed by atoms with Crippen molar-refractivity contribution in [2.75, 3.05) is 24.3 Å². The van der Waals surface area contributed by atoms with Gasteiger partial charge >= 0.3 is 0 Å². The molecule has 0 aromatic heterocycles. The van der Waals surface area contributed by atoms with Gasteiger partial charge in [0.1, 0.15) is 5.75 Å². The van der Waals surface area contributed by atoms with Crippen LogP contribution in [0.4, 0.5) is 11.4 Å². The lowest BCUT2D eigenvalue weighted by Gasteiger charge is -2.10. The van der Waals surface area contributed by atoms with Crippen LogP contribution < -0.4 is 15.4 Å². The summed E-state index contributed by atoms with van der Waals surface area (Å²) < 4.78 is 5.60. The summed E-state index contributed by atoms with van der Waals surface area (Å²) in [4.78, 5) is 12.3. The predicted molar refractivity (Wildman–Crippen MR) is 90.8 cm³/mol. The van der Waals surface area contributed by atoms with Crippen LogP contribution >= 0.6 is 0 Å². The first-order valence-corrected chi connectivity index (χ1v) is 7.55. The second-order valence-electron chi connectivity index (χ2n) is 4.98. The molecular formula is C18H22N2O2. The largest absolute Gasteiger partial charge is 0.494 e. The third kappa shape index (κ3) is 4.25. The number of benzene rings is 2. The van der Waals surface area contributed by atoms with Crippen molar-refractivity contribution < 1.29 is 9.53 Å². The summed E-state index contributed by atoms with van der Waals surface area (Å²) in [7, 11) is 1.80. The molecule has 1 amide bonds. The Kier molecular flexibility index (Phi) is 5.83. The Morgan fingerprint density at radius 3 is 2.50 bits per heavy atom. The Bertz CT molecular complexity index is 609. The second-order valence-corrected chi connectivity index (χ2v) is 4.98. The molecule has 0 bridgehead atoms. The maximum atomic E-state index is 12.3. The van der Waals surface area contributed by atoms with E-state index in [-0.39, 0.29) is 5.91 Å². The minimum atomic E-state index is -0.135. The highest BCUT2D eigenvalue weighted by atomic mass is 16.5. The van der Waals surface area contributed by atoms with E-state index in [0.29, 0.717) is 5.56 Å². The second kappa shape index (κ2) is 8.08. The van der Waals surface area contributed by atoms with E-state index in [9.17, 15) is 4.79 Å². The zero-order valence-electron chi connectivity index (χ0n) is 13.1. The van der Waals surface area contributed by atoms with Crippen molar-refractivity contribution in [1.82, 2.24) is 0 Å². The average molecular weight is 298 g/mol. The molecule has 2 rings (SSSR count). The van der Waals surface area contributed by atoms with E-state index < -0.39 is 0 Å². The Balaban J connectivity index is 1.99. The molecule has 116 valence electrons. The molecule has 0 aliphatic rings. The Labute approximate surface area is 131 Å². The Morgan fingerprint density at radius 2 is 1.82 bits per heavy atom. The Morgan fingerprint density at radius 1 is 1.09 bits per heavy atom. The molecule has 22 heavy (non-hydrogen) atoms. The minimum absolute atomic E-state index is 0.135. The van der Waals surface area contributed by atoms with E-state index in [4.69, 9.17) is 4.74 Å². The number of hydrogen-bond acceptors (Lipinski definition) is 3. The molecule has 4 heteroatoms. The van der Waals surface area contributed by atoms with Gasteiger partial charge < -0.3 is 15.4 Å². The van der Waals surface area contributed by atoms with Crippen molar-refractivity contribution in [3.63, 3.8) is 0 Å². The van der Waals surface area contributed by atoms with Gasteiger partial charge in [-0.2, -0.15) is 0 Å². The molecule has 0 saturated carbocycles. The summed E-state index contributed by atoms with van der Waals surface area (Å²) >= 11 is 0. The molecule has 4 nitrogen and oxygen atoms in total.